The van der Waals surface area contributed by atoms with Crippen molar-refractivity contribution in [3.63, 3.8) is 0 Å². The molecule has 0 spiro atoms. The van der Waals surface area contributed by atoms with E-state index >= 15 is 0 Å². The molecule has 0 aromatic heterocycles. The van der Waals surface area contributed by atoms with Crippen molar-refractivity contribution in [1.82, 2.24) is 0 Å². The molecule has 0 aromatic rings. The van der Waals surface area contributed by atoms with E-state index in [1.807, 2.05) is 13.8 Å². The molecule has 0 fully saturated rings. The average Bonchev–Trinajstić information content (AvgIpc) is 1.84. The lowest BCUT2D eigenvalue weighted by molar-refractivity contribution is 1.08. The first-order valence-corrected chi connectivity index (χ1v) is 3.20. The van der Waals surface area contributed by atoms with E-state index in [1.54, 1.807) is 0 Å². The van der Waals surface area contributed by atoms with Gasteiger partial charge in [-0.3, -0.25) is 0 Å². The molecule has 0 unspecified atom stereocenters. The largest absolute Gasteiger partial charge is 0.402 e. The standard InChI is InChI=1S/C8H15N/c1-5-6(2)7(3)8(4)9/h2,5,9H2,1,3-4H3/b8-7+. The highest BCUT2D eigenvalue weighted by atomic mass is 14.6. The Balaban J connectivity index is 4.21. The van der Waals surface area contributed by atoms with Crippen molar-refractivity contribution in [2.75, 3.05) is 0 Å². The summed E-state index contributed by atoms with van der Waals surface area (Å²) in [6.07, 6.45) is 0.986. The van der Waals surface area contributed by atoms with E-state index in [2.05, 4.69) is 13.5 Å². The molecule has 1 heteroatoms. The van der Waals surface area contributed by atoms with Crippen LogP contribution >= 0.6 is 0 Å². The first-order chi connectivity index (χ1) is 4.09. The van der Waals surface area contributed by atoms with Gasteiger partial charge in [-0.15, -0.1) is 0 Å². The molecule has 0 heterocycles. The summed E-state index contributed by atoms with van der Waals surface area (Å²) in [7, 11) is 0. The van der Waals surface area contributed by atoms with Crippen LogP contribution in [0.5, 0.6) is 0 Å². The van der Waals surface area contributed by atoms with Gasteiger partial charge in [0.25, 0.3) is 0 Å². The van der Waals surface area contributed by atoms with Gasteiger partial charge in [0.2, 0.25) is 0 Å². The van der Waals surface area contributed by atoms with E-state index < -0.39 is 0 Å². The maximum atomic E-state index is 5.53. The monoisotopic (exact) mass is 125 g/mol. The Kier molecular flexibility index (Phi) is 3.07. The van der Waals surface area contributed by atoms with Crippen LogP contribution in [0.2, 0.25) is 0 Å². The highest BCUT2D eigenvalue weighted by molar-refractivity contribution is 5.28. The Morgan fingerprint density at radius 3 is 2.00 bits per heavy atom. The summed E-state index contributed by atoms with van der Waals surface area (Å²) in [5.74, 6) is 0. The Labute approximate surface area is 57.3 Å². The van der Waals surface area contributed by atoms with Crippen molar-refractivity contribution >= 4 is 0 Å². The molecular weight excluding hydrogens is 110 g/mol. The molecule has 52 valence electrons. The number of allylic oxidation sites excluding steroid dienone is 3. The van der Waals surface area contributed by atoms with Crippen LogP contribution in [0.15, 0.2) is 23.4 Å². The van der Waals surface area contributed by atoms with Crippen molar-refractivity contribution in [2.45, 2.75) is 27.2 Å². The van der Waals surface area contributed by atoms with Gasteiger partial charge in [0, 0.05) is 5.70 Å². The second-order valence-electron chi connectivity index (χ2n) is 2.27. The lowest BCUT2D eigenvalue weighted by Crippen LogP contribution is -1.96. The molecule has 0 aromatic carbocycles. The average molecular weight is 125 g/mol. The Morgan fingerprint density at radius 2 is 1.89 bits per heavy atom. The van der Waals surface area contributed by atoms with E-state index in [0.717, 1.165) is 23.3 Å². The van der Waals surface area contributed by atoms with Crippen LogP contribution < -0.4 is 5.73 Å². The summed E-state index contributed by atoms with van der Waals surface area (Å²) in [5.41, 5.74) is 8.68. The molecule has 0 atom stereocenters. The number of rotatable bonds is 2. The summed E-state index contributed by atoms with van der Waals surface area (Å²) in [5, 5.41) is 0. The van der Waals surface area contributed by atoms with E-state index in [0.29, 0.717) is 0 Å². The second kappa shape index (κ2) is 3.33. The minimum absolute atomic E-state index is 0.877. The van der Waals surface area contributed by atoms with Gasteiger partial charge < -0.3 is 5.73 Å². The van der Waals surface area contributed by atoms with Crippen LogP contribution in [0.3, 0.4) is 0 Å². The minimum atomic E-state index is 0.877. The predicted octanol–water partition coefficient (Wildman–Crippen LogP) is 2.21. The van der Waals surface area contributed by atoms with Crippen LogP contribution in [0, 0.1) is 0 Å². The summed E-state index contributed by atoms with van der Waals surface area (Å²) in [6, 6.07) is 0. The van der Waals surface area contributed by atoms with Crippen LogP contribution in [-0.2, 0) is 0 Å². The molecule has 0 radical (unpaired) electrons. The topological polar surface area (TPSA) is 26.0 Å². The van der Waals surface area contributed by atoms with E-state index in [1.165, 1.54) is 0 Å². The van der Waals surface area contributed by atoms with Gasteiger partial charge in [0.15, 0.2) is 0 Å². The minimum Gasteiger partial charge on any atom is -0.402 e. The molecule has 2 N–H and O–H groups in total. The molecule has 1 nitrogen and oxygen atoms in total. The molecule has 0 aliphatic heterocycles. The van der Waals surface area contributed by atoms with Crippen molar-refractivity contribution in [1.29, 1.82) is 0 Å². The summed E-state index contributed by atoms with van der Waals surface area (Å²) >= 11 is 0. The van der Waals surface area contributed by atoms with Gasteiger partial charge in [-0.1, -0.05) is 19.1 Å². The lowest BCUT2D eigenvalue weighted by atomic mass is 10.1. The summed E-state index contributed by atoms with van der Waals surface area (Å²) in [6.45, 7) is 9.83. The maximum absolute atomic E-state index is 5.53. The summed E-state index contributed by atoms with van der Waals surface area (Å²) in [4.78, 5) is 0. The Bertz CT molecular complexity index is 139. The van der Waals surface area contributed by atoms with Crippen molar-refractivity contribution in [2.24, 2.45) is 5.73 Å². The molecule has 0 saturated heterocycles. The molecule has 0 saturated carbocycles. The highest BCUT2D eigenvalue weighted by Crippen LogP contribution is 2.11. The SMILES string of the molecule is C=C(CC)/C(C)=C(\C)N. The predicted molar refractivity (Wildman–Crippen MR) is 42.0 cm³/mol. The zero-order valence-electron chi connectivity index (χ0n) is 6.49. The van der Waals surface area contributed by atoms with Crippen LogP contribution in [-0.4, -0.2) is 0 Å². The third-order valence-electron chi connectivity index (χ3n) is 1.55. The molecule has 0 bridgehead atoms. The molecular formula is C8H15N. The van der Waals surface area contributed by atoms with Crippen LogP contribution in [0.25, 0.3) is 0 Å². The summed E-state index contributed by atoms with van der Waals surface area (Å²) < 4.78 is 0. The normalized spacial score (nSPS) is 12.8. The van der Waals surface area contributed by atoms with Crippen LogP contribution in [0.1, 0.15) is 27.2 Å². The maximum Gasteiger partial charge on any atom is 0.00811 e. The van der Waals surface area contributed by atoms with E-state index in [9.17, 15) is 0 Å². The van der Waals surface area contributed by atoms with Gasteiger partial charge in [-0.05, 0) is 25.8 Å². The third kappa shape index (κ3) is 2.36. The van der Waals surface area contributed by atoms with Crippen molar-refractivity contribution < 1.29 is 0 Å². The van der Waals surface area contributed by atoms with Crippen LogP contribution in [0.4, 0.5) is 0 Å². The Morgan fingerprint density at radius 1 is 1.44 bits per heavy atom. The van der Waals surface area contributed by atoms with Gasteiger partial charge >= 0.3 is 0 Å². The Hall–Kier alpha value is -0.720. The molecule has 0 aliphatic carbocycles. The fraction of sp³-hybridized carbons (Fsp3) is 0.500. The smallest absolute Gasteiger partial charge is 0.00811 e. The molecule has 0 amide bonds. The molecule has 0 rings (SSSR count). The number of hydrogen-bond donors (Lipinski definition) is 1. The second-order valence-corrected chi connectivity index (χ2v) is 2.27. The zero-order valence-corrected chi connectivity index (χ0v) is 6.49. The fourth-order valence-corrected chi connectivity index (χ4v) is 0.544. The van der Waals surface area contributed by atoms with Gasteiger partial charge in [-0.2, -0.15) is 0 Å². The lowest BCUT2D eigenvalue weighted by Gasteiger charge is -2.03. The zero-order chi connectivity index (χ0) is 7.44. The highest BCUT2D eigenvalue weighted by Gasteiger charge is 1.94. The number of hydrogen-bond acceptors (Lipinski definition) is 1. The van der Waals surface area contributed by atoms with E-state index in [-0.39, 0.29) is 0 Å². The third-order valence-corrected chi connectivity index (χ3v) is 1.55. The van der Waals surface area contributed by atoms with Gasteiger partial charge in [-0.25, -0.2) is 0 Å². The van der Waals surface area contributed by atoms with Gasteiger partial charge in [0.1, 0.15) is 0 Å². The van der Waals surface area contributed by atoms with E-state index in [4.69, 9.17) is 5.73 Å². The number of nitrogens with two attached hydrogens (primary N) is 1. The molecule has 9 heavy (non-hydrogen) atoms. The first kappa shape index (κ1) is 8.28. The first-order valence-electron chi connectivity index (χ1n) is 3.20. The van der Waals surface area contributed by atoms with Crippen molar-refractivity contribution in [3.05, 3.63) is 23.4 Å². The quantitative estimate of drug-likeness (QED) is 0.562. The van der Waals surface area contributed by atoms with Crippen molar-refractivity contribution in [3.8, 4) is 0 Å². The van der Waals surface area contributed by atoms with Gasteiger partial charge in [0.05, 0.1) is 0 Å². The fourth-order valence-electron chi connectivity index (χ4n) is 0.544. The molecule has 0 aliphatic rings.